The zero-order chi connectivity index (χ0) is 24.3. The summed E-state index contributed by atoms with van der Waals surface area (Å²) in [5.74, 6) is 0.309. The van der Waals surface area contributed by atoms with Crippen molar-refractivity contribution in [3.8, 4) is 5.88 Å². The number of pyridine rings is 2. The van der Waals surface area contributed by atoms with E-state index < -0.39 is 0 Å². The molecule has 2 atom stereocenters. The summed E-state index contributed by atoms with van der Waals surface area (Å²) >= 11 is 0. The molecule has 2 aromatic heterocycles. The molecule has 0 aliphatic carbocycles. The van der Waals surface area contributed by atoms with E-state index in [2.05, 4.69) is 24.9 Å². The fourth-order valence-electron chi connectivity index (χ4n) is 3.99. The predicted octanol–water partition coefficient (Wildman–Crippen LogP) is 2.19. The Bertz CT molecular complexity index is 1050. The molecule has 182 valence electrons. The summed E-state index contributed by atoms with van der Waals surface area (Å²) in [5, 5.41) is 13.2. The number of rotatable bonds is 9. The van der Waals surface area contributed by atoms with E-state index in [4.69, 9.17) is 4.74 Å². The molecule has 8 nitrogen and oxygen atoms in total. The molecule has 1 aliphatic heterocycles. The molecular weight excluding hydrogens is 439 g/mol. The monoisotopic (exact) mass is 470 g/mol. The minimum Gasteiger partial charge on any atom is -0.481 e. The lowest BCUT2D eigenvalue weighted by atomic mass is 10.1. The Kier molecular flexibility index (Phi) is 9.69. The van der Waals surface area contributed by atoms with Gasteiger partial charge in [-0.05, 0) is 25.1 Å². The van der Waals surface area contributed by atoms with Crippen LogP contribution in [0.3, 0.4) is 0 Å². The molecule has 9 heteroatoms. The third kappa shape index (κ3) is 6.93. The van der Waals surface area contributed by atoms with Crippen LogP contribution in [0.4, 0.5) is 4.39 Å². The number of halogens is 1. The van der Waals surface area contributed by atoms with Gasteiger partial charge < -0.3 is 24.8 Å². The quantitative estimate of drug-likeness (QED) is 0.460. The van der Waals surface area contributed by atoms with Crippen LogP contribution >= 0.6 is 0 Å². The van der Waals surface area contributed by atoms with Crippen molar-refractivity contribution in [3.05, 3.63) is 65.6 Å². The number of benzene rings is 1. The second-order valence-electron chi connectivity index (χ2n) is 8.09. The molecular formula is C25H31FN4O4. The van der Waals surface area contributed by atoms with Gasteiger partial charge in [0.05, 0.1) is 30.4 Å². The van der Waals surface area contributed by atoms with Gasteiger partial charge in [-0.3, -0.25) is 9.78 Å². The molecule has 1 fully saturated rings. The van der Waals surface area contributed by atoms with Crippen molar-refractivity contribution in [2.75, 3.05) is 40.3 Å². The number of carbonyl (C=O) groups is 1. The number of hydrogen-bond donors (Lipinski definition) is 2. The number of aromatic nitrogens is 2. The molecule has 1 saturated heterocycles. The molecule has 0 radical (unpaired) electrons. The van der Waals surface area contributed by atoms with Crippen LogP contribution in [0.1, 0.15) is 11.1 Å². The summed E-state index contributed by atoms with van der Waals surface area (Å²) in [6, 6.07) is 13.0. The standard InChI is InChI=1S/C17H23FN4O2.C8H8O2/c1-19-7-11-9-22(10-15(11)23)6-5-12-13(18)8-20-14-3-4-16(24-2)21-17(12)14;9-7-10-6-8-4-2-1-3-5-8/h3-4,8,11,15,19,23H,5-7,9-10H2,1-2H3;1-5,7H,6H2. The Labute approximate surface area is 198 Å². The SMILES string of the molecule is CNCC1CN(CCc2c(F)cnc3ccc(OC)nc23)CC1O.O=COCc1ccccc1. The summed E-state index contributed by atoms with van der Waals surface area (Å²) < 4.78 is 24.0. The van der Waals surface area contributed by atoms with Crippen LogP contribution in [-0.2, 0) is 22.6 Å². The number of aliphatic hydroxyl groups is 1. The lowest BCUT2D eigenvalue weighted by Gasteiger charge is -2.16. The van der Waals surface area contributed by atoms with Crippen molar-refractivity contribution >= 4 is 17.5 Å². The first-order chi connectivity index (χ1) is 16.5. The van der Waals surface area contributed by atoms with Crippen LogP contribution in [0, 0.1) is 11.7 Å². The first-order valence-electron chi connectivity index (χ1n) is 11.2. The van der Waals surface area contributed by atoms with E-state index in [0.717, 1.165) is 18.7 Å². The number of nitrogens with zero attached hydrogens (tertiary/aromatic N) is 3. The largest absolute Gasteiger partial charge is 0.481 e. The van der Waals surface area contributed by atoms with Gasteiger partial charge in [0, 0.05) is 43.7 Å². The first kappa shape index (κ1) is 25.5. The van der Waals surface area contributed by atoms with Gasteiger partial charge in [-0.1, -0.05) is 30.3 Å². The number of likely N-dealkylation sites (tertiary alicyclic amines) is 1. The molecule has 1 aromatic carbocycles. The maximum atomic E-state index is 14.3. The fourth-order valence-corrected chi connectivity index (χ4v) is 3.99. The van der Waals surface area contributed by atoms with Crippen molar-refractivity contribution in [2.45, 2.75) is 19.1 Å². The van der Waals surface area contributed by atoms with Crippen molar-refractivity contribution in [3.63, 3.8) is 0 Å². The fraction of sp³-hybridized carbons (Fsp3) is 0.400. The van der Waals surface area contributed by atoms with E-state index in [0.29, 0.717) is 55.1 Å². The van der Waals surface area contributed by atoms with Gasteiger partial charge in [0.2, 0.25) is 5.88 Å². The van der Waals surface area contributed by atoms with Crippen molar-refractivity contribution in [2.24, 2.45) is 5.92 Å². The van der Waals surface area contributed by atoms with Crippen molar-refractivity contribution in [1.29, 1.82) is 0 Å². The maximum Gasteiger partial charge on any atom is 0.293 e. The number of carbonyl (C=O) groups excluding carboxylic acids is 1. The summed E-state index contributed by atoms with van der Waals surface area (Å²) in [4.78, 5) is 20.4. The lowest BCUT2D eigenvalue weighted by molar-refractivity contribution is -0.129. The number of fused-ring (bicyclic) bond motifs is 1. The number of nitrogens with one attached hydrogen (secondary N) is 1. The minimum atomic E-state index is -0.352. The smallest absolute Gasteiger partial charge is 0.293 e. The van der Waals surface area contributed by atoms with E-state index in [9.17, 15) is 14.3 Å². The topological polar surface area (TPSA) is 96.8 Å². The van der Waals surface area contributed by atoms with Gasteiger partial charge in [0.15, 0.2) is 0 Å². The van der Waals surface area contributed by atoms with Crippen LogP contribution in [-0.4, -0.2) is 72.9 Å². The molecule has 1 aliphatic rings. The molecule has 0 spiro atoms. The van der Waals surface area contributed by atoms with E-state index >= 15 is 0 Å². The lowest BCUT2D eigenvalue weighted by Crippen LogP contribution is -2.28. The van der Waals surface area contributed by atoms with E-state index in [1.165, 1.54) is 13.3 Å². The van der Waals surface area contributed by atoms with Gasteiger partial charge in [-0.25, -0.2) is 9.37 Å². The molecule has 2 unspecified atom stereocenters. The van der Waals surface area contributed by atoms with Gasteiger partial charge >= 0.3 is 0 Å². The van der Waals surface area contributed by atoms with Gasteiger partial charge in [-0.2, -0.15) is 0 Å². The average molecular weight is 471 g/mol. The number of aliphatic hydroxyl groups excluding tert-OH is 1. The van der Waals surface area contributed by atoms with Crippen LogP contribution in [0.25, 0.3) is 11.0 Å². The molecule has 3 aromatic rings. The summed E-state index contributed by atoms with van der Waals surface area (Å²) in [6.45, 7) is 3.70. The van der Waals surface area contributed by atoms with Gasteiger partial charge in [-0.15, -0.1) is 0 Å². The molecule has 4 rings (SSSR count). The minimum absolute atomic E-state index is 0.215. The highest BCUT2D eigenvalue weighted by Gasteiger charge is 2.30. The molecule has 0 amide bonds. The number of hydrogen-bond acceptors (Lipinski definition) is 8. The molecule has 0 bridgehead atoms. The number of ether oxygens (including phenoxy) is 2. The van der Waals surface area contributed by atoms with Crippen LogP contribution < -0.4 is 10.1 Å². The molecule has 2 N–H and O–H groups in total. The highest BCUT2D eigenvalue weighted by Crippen LogP contribution is 2.23. The summed E-state index contributed by atoms with van der Waals surface area (Å²) in [7, 11) is 3.42. The van der Waals surface area contributed by atoms with Gasteiger partial charge in [0.1, 0.15) is 12.4 Å². The van der Waals surface area contributed by atoms with E-state index in [1.54, 1.807) is 12.1 Å². The van der Waals surface area contributed by atoms with Gasteiger partial charge in [0.25, 0.3) is 6.47 Å². The molecule has 0 saturated carbocycles. The zero-order valence-corrected chi connectivity index (χ0v) is 19.5. The summed E-state index contributed by atoms with van der Waals surface area (Å²) in [6.07, 6.45) is 1.42. The first-order valence-corrected chi connectivity index (χ1v) is 11.2. The van der Waals surface area contributed by atoms with E-state index in [1.807, 2.05) is 37.4 Å². The van der Waals surface area contributed by atoms with Crippen LogP contribution in [0.15, 0.2) is 48.7 Å². The Morgan fingerprint density at radius 3 is 2.74 bits per heavy atom. The summed E-state index contributed by atoms with van der Waals surface area (Å²) in [5.41, 5.74) is 2.75. The average Bonchev–Trinajstić information content (AvgIpc) is 3.22. The predicted molar refractivity (Wildman–Crippen MR) is 127 cm³/mol. The number of methoxy groups -OCH3 is 1. The second kappa shape index (κ2) is 12.9. The Morgan fingerprint density at radius 2 is 2.03 bits per heavy atom. The second-order valence-corrected chi connectivity index (χ2v) is 8.09. The number of β-amino-alcohol motifs (C(OH)–C–C–N with tert-alkyl or cyclic N) is 1. The molecule has 34 heavy (non-hydrogen) atoms. The normalized spacial score (nSPS) is 17.8. The third-order valence-corrected chi connectivity index (χ3v) is 5.74. The maximum absolute atomic E-state index is 14.3. The van der Waals surface area contributed by atoms with E-state index in [-0.39, 0.29) is 17.8 Å². The Morgan fingerprint density at radius 1 is 1.24 bits per heavy atom. The zero-order valence-electron chi connectivity index (χ0n) is 19.5. The highest BCUT2D eigenvalue weighted by atomic mass is 19.1. The highest BCUT2D eigenvalue weighted by molar-refractivity contribution is 5.78. The Balaban J connectivity index is 0.000000271. The van der Waals surface area contributed by atoms with Crippen LogP contribution in [0.2, 0.25) is 0 Å². The molecule has 3 heterocycles. The van der Waals surface area contributed by atoms with Crippen molar-refractivity contribution in [1.82, 2.24) is 20.2 Å². The Hall–Kier alpha value is -3.14. The van der Waals surface area contributed by atoms with Crippen molar-refractivity contribution < 1.29 is 23.8 Å². The van der Waals surface area contributed by atoms with Crippen LogP contribution in [0.5, 0.6) is 5.88 Å². The third-order valence-electron chi connectivity index (χ3n) is 5.74.